The number of hydrogen-bond acceptors (Lipinski definition) is 10. The largest absolute Gasteiger partial charge is 0.455 e. The second kappa shape index (κ2) is 9.62. The standard InChI is InChI=1S/C15H22O10S/c1-6-26(20)15(24-10(5)19)13-11(21-7(2)16)12(22-8(3)17)14(25-13)23-9(4)18/h11-15H,6H2,1-5H3/t11-,12-,13+,14+,15-,26?/m1/s1. The fraction of sp³-hybridized carbons (Fsp3) is 0.733. The third kappa shape index (κ3) is 6.06. The lowest BCUT2D eigenvalue weighted by Crippen LogP contribution is -2.46. The number of carbonyl (C=O) groups is 4. The molecule has 0 aromatic rings. The number of carbonyl (C=O) groups excluding carboxylic acids is 4. The van der Waals surface area contributed by atoms with Crippen LogP contribution in [0.5, 0.6) is 0 Å². The molecule has 6 atom stereocenters. The maximum atomic E-state index is 12.3. The zero-order valence-corrected chi connectivity index (χ0v) is 15.9. The summed E-state index contributed by atoms with van der Waals surface area (Å²) in [6, 6.07) is 0. The van der Waals surface area contributed by atoms with Gasteiger partial charge < -0.3 is 23.7 Å². The van der Waals surface area contributed by atoms with Gasteiger partial charge in [-0.15, -0.1) is 0 Å². The summed E-state index contributed by atoms with van der Waals surface area (Å²) in [5, 5.41) is 0. The van der Waals surface area contributed by atoms with Gasteiger partial charge in [0.15, 0.2) is 12.2 Å². The Morgan fingerprint density at radius 3 is 1.81 bits per heavy atom. The molecule has 1 aliphatic rings. The molecular formula is C15H22O10S. The molecule has 1 heterocycles. The van der Waals surface area contributed by atoms with Crippen LogP contribution < -0.4 is 0 Å². The van der Waals surface area contributed by atoms with E-state index in [-0.39, 0.29) is 5.75 Å². The first-order valence-electron chi connectivity index (χ1n) is 7.78. The highest BCUT2D eigenvalue weighted by molar-refractivity contribution is 7.85. The zero-order chi connectivity index (χ0) is 20.0. The Balaban J connectivity index is 3.28. The van der Waals surface area contributed by atoms with Gasteiger partial charge in [-0.05, 0) is 0 Å². The highest BCUT2D eigenvalue weighted by atomic mass is 32.2. The molecule has 148 valence electrons. The van der Waals surface area contributed by atoms with Crippen LogP contribution in [0.3, 0.4) is 0 Å². The minimum atomic E-state index is -1.71. The summed E-state index contributed by atoms with van der Waals surface area (Å²) in [7, 11) is -1.71. The topological polar surface area (TPSA) is 132 Å². The van der Waals surface area contributed by atoms with Crippen molar-refractivity contribution >= 4 is 34.7 Å². The maximum absolute atomic E-state index is 12.3. The fourth-order valence-corrected chi connectivity index (χ4v) is 3.46. The third-order valence-corrected chi connectivity index (χ3v) is 4.64. The number of esters is 4. The molecule has 11 heteroatoms. The lowest BCUT2D eigenvalue weighted by atomic mass is 10.1. The van der Waals surface area contributed by atoms with Gasteiger partial charge in [-0.1, -0.05) is 6.92 Å². The van der Waals surface area contributed by atoms with Crippen molar-refractivity contribution in [3.63, 3.8) is 0 Å². The molecule has 1 saturated heterocycles. The van der Waals surface area contributed by atoms with Crippen LogP contribution in [0.4, 0.5) is 0 Å². The first-order chi connectivity index (χ1) is 12.1. The van der Waals surface area contributed by atoms with Crippen LogP contribution in [0.2, 0.25) is 0 Å². The third-order valence-electron chi connectivity index (χ3n) is 3.19. The van der Waals surface area contributed by atoms with E-state index < -0.39 is 64.7 Å². The van der Waals surface area contributed by atoms with Crippen molar-refractivity contribution < 1.29 is 47.1 Å². The van der Waals surface area contributed by atoms with Crippen molar-refractivity contribution in [1.29, 1.82) is 0 Å². The summed E-state index contributed by atoms with van der Waals surface area (Å²) in [5.41, 5.74) is -1.32. The average Bonchev–Trinajstić information content (AvgIpc) is 2.80. The second-order valence-electron chi connectivity index (χ2n) is 5.37. The van der Waals surface area contributed by atoms with Crippen LogP contribution in [0.25, 0.3) is 0 Å². The van der Waals surface area contributed by atoms with Crippen LogP contribution >= 0.6 is 0 Å². The van der Waals surface area contributed by atoms with Crippen molar-refractivity contribution in [2.75, 3.05) is 5.75 Å². The molecule has 26 heavy (non-hydrogen) atoms. The molecule has 10 nitrogen and oxygen atoms in total. The van der Waals surface area contributed by atoms with Gasteiger partial charge in [-0.3, -0.25) is 23.4 Å². The van der Waals surface area contributed by atoms with Crippen LogP contribution in [-0.4, -0.2) is 63.9 Å². The van der Waals surface area contributed by atoms with Crippen LogP contribution in [-0.2, 0) is 53.7 Å². The Bertz CT molecular complexity index is 589. The molecule has 0 N–H and O–H groups in total. The Morgan fingerprint density at radius 1 is 0.885 bits per heavy atom. The molecule has 0 amide bonds. The van der Waals surface area contributed by atoms with Crippen molar-refractivity contribution in [2.45, 2.75) is 64.7 Å². The molecular weight excluding hydrogens is 372 g/mol. The lowest BCUT2D eigenvalue weighted by molar-refractivity contribution is -0.198. The molecule has 0 saturated carbocycles. The van der Waals surface area contributed by atoms with Crippen LogP contribution in [0, 0.1) is 0 Å². The van der Waals surface area contributed by atoms with E-state index in [9.17, 15) is 23.4 Å². The molecule has 0 aliphatic carbocycles. The Hall–Kier alpha value is -2.01. The summed E-state index contributed by atoms with van der Waals surface area (Å²) in [6.07, 6.45) is -5.28. The van der Waals surface area contributed by atoms with Gasteiger partial charge in [0.05, 0.1) is 10.8 Å². The molecule has 0 aromatic heterocycles. The predicted molar refractivity (Wildman–Crippen MR) is 85.8 cm³/mol. The molecule has 0 radical (unpaired) electrons. The van der Waals surface area contributed by atoms with Crippen molar-refractivity contribution in [3.05, 3.63) is 0 Å². The monoisotopic (exact) mass is 394 g/mol. The highest BCUT2D eigenvalue weighted by Gasteiger charge is 2.55. The van der Waals surface area contributed by atoms with E-state index in [4.69, 9.17) is 23.7 Å². The maximum Gasteiger partial charge on any atom is 0.305 e. The molecule has 0 spiro atoms. The molecule has 1 fully saturated rings. The molecule has 1 unspecified atom stereocenters. The van der Waals surface area contributed by atoms with Gasteiger partial charge >= 0.3 is 23.9 Å². The van der Waals surface area contributed by atoms with E-state index in [2.05, 4.69) is 0 Å². The van der Waals surface area contributed by atoms with E-state index >= 15 is 0 Å². The van der Waals surface area contributed by atoms with Gasteiger partial charge in [-0.2, -0.15) is 0 Å². The SMILES string of the molecule is CCS(=O)[C@@H](OC(C)=O)[C@H]1O[C@H](OC(C)=O)[C@H](OC(C)=O)[C@H]1OC(C)=O. The van der Waals surface area contributed by atoms with Gasteiger partial charge in [0, 0.05) is 33.4 Å². The number of hydrogen-bond donors (Lipinski definition) is 0. The van der Waals surface area contributed by atoms with E-state index in [1.807, 2.05) is 0 Å². The zero-order valence-electron chi connectivity index (χ0n) is 15.1. The Labute approximate surface area is 152 Å². The molecule has 1 rings (SSSR count). The normalized spacial score (nSPS) is 27.1. The van der Waals surface area contributed by atoms with E-state index in [1.54, 1.807) is 6.92 Å². The molecule has 1 aliphatic heterocycles. The van der Waals surface area contributed by atoms with Gasteiger partial charge in [0.1, 0.15) is 0 Å². The smallest absolute Gasteiger partial charge is 0.305 e. The first kappa shape index (κ1) is 22.0. The molecule has 0 bridgehead atoms. The lowest BCUT2D eigenvalue weighted by Gasteiger charge is -2.26. The van der Waals surface area contributed by atoms with Crippen molar-refractivity contribution in [2.24, 2.45) is 0 Å². The van der Waals surface area contributed by atoms with Gasteiger partial charge in [0.2, 0.25) is 17.8 Å². The van der Waals surface area contributed by atoms with Crippen LogP contribution in [0.1, 0.15) is 34.6 Å². The van der Waals surface area contributed by atoms with E-state index in [0.717, 1.165) is 27.7 Å². The first-order valence-corrected chi connectivity index (χ1v) is 9.16. The number of rotatable bonds is 7. The minimum Gasteiger partial charge on any atom is -0.455 e. The second-order valence-corrected chi connectivity index (χ2v) is 7.18. The van der Waals surface area contributed by atoms with Gasteiger partial charge in [0.25, 0.3) is 0 Å². The van der Waals surface area contributed by atoms with E-state index in [0.29, 0.717) is 0 Å². The fourth-order valence-electron chi connectivity index (χ4n) is 2.37. The highest BCUT2D eigenvalue weighted by Crippen LogP contribution is 2.32. The molecule has 0 aromatic carbocycles. The quantitative estimate of drug-likeness (QED) is 0.422. The van der Waals surface area contributed by atoms with Crippen LogP contribution in [0.15, 0.2) is 0 Å². The van der Waals surface area contributed by atoms with Gasteiger partial charge in [-0.25, -0.2) is 0 Å². The summed E-state index contributed by atoms with van der Waals surface area (Å²) in [4.78, 5) is 45.6. The van der Waals surface area contributed by atoms with E-state index in [1.165, 1.54) is 0 Å². The Morgan fingerprint density at radius 2 is 1.38 bits per heavy atom. The Kier molecular flexibility index (Phi) is 8.15. The summed E-state index contributed by atoms with van der Waals surface area (Å²) in [6.45, 7) is 6.03. The summed E-state index contributed by atoms with van der Waals surface area (Å²) >= 11 is 0. The number of ether oxygens (including phenoxy) is 5. The summed E-state index contributed by atoms with van der Waals surface area (Å²) in [5.74, 6) is -2.85. The summed E-state index contributed by atoms with van der Waals surface area (Å²) < 4.78 is 38.1. The van der Waals surface area contributed by atoms with Crippen molar-refractivity contribution in [3.8, 4) is 0 Å². The minimum absolute atomic E-state index is 0.112. The predicted octanol–water partition coefficient (Wildman–Crippen LogP) is -0.204. The van der Waals surface area contributed by atoms with Crippen molar-refractivity contribution in [1.82, 2.24) is 0 Å². The average molecular weight is 394 g/mol.